The fraction of sp³-hybridized carbons (Fsp3) is 0.304. The van der Waals surface area contributed by atoms with Crippen LogP contribution in [-0.4, -0.2) is 41.5 Å². The average Bonchev–Trinajstić information content (AvgIpc) is 3.40. The number of nitrogens with zero attached hydrogens (tertiary/aromatic N) is 3. The molecular weight excluding hydrogens is 380 g/mol. The summed E-state index contributed by atoms with van der Waals surface area (Å²) in [4.78, 5) is 15.1. The van der Waals surface area contributed by atoms with Gasteiger partial charge in [0.15, 0.2) is 0 Å². The predicted molar refractivity (Wildman–Crippen MR) is 116 cm³/mol. The van der Waals surface area contributed by atoms with E-state index in [-0.39, 0.29) is 12.1 Å². The van der Waals surface area contributed by atoms with Gasteiger partial charge in [0.1, 0.15) is 17.2 Å². The van der Waals surface area contributed by atoms with E-state index >= 15 is 0 Å². The van der Waals surface area contributed by atoms with Crippen LogP contribution in [0.5, 0.6) is 11.5 Å². The van der Waals surface area contributed by atoms with Crippen molar-refractivity contribution in [2.45, 2.75) is 18.9 Å². The number of likely N-dealkylation sites (tertiary alicyclic amines) is 1. The van der Waals surface area contributed by atoms with E-state index in [9.17, 15) is 4.79 Å². The lowest BCUT2D eigenvalue weighted by Gasteiger charge is -2.26. The number of methoxy groups -OCH3 is 2. The van der Waals surface area contributed by atoms with E-state index in [4.69, 9.17) is 9.47 Å². The van der Waals surface area contributed by atoms with E-state index in [0.717, 1.165) is 41.2 Å². The summed E-state index contributed by atoms with van der Waals surface area (Å²) in [6.07, 6.45) is 3.63. The van der Waals surface area contributed by atoms with Crippen molar-refractivity contribution in [3.05, 3.63) is 60.3 Å². The van der Waals surface area contributed by atoms with Crippen LogP contribution in [0.25, 0.3) is 11.3 Å². The Labute approximate surface area is 176 Å². The summed E-state index contributed by atoms with van der Waals surface area (Å²) in [5, 5.41) is 7.60. The van der Waals surface area contributed by atoms with Crippen LogP contribution in [0, 0.1) is 0 Å². The van der Waals surface area contributed by atoms with Crippen molar-refractivity contribution in [2.75, 3.05) is 26.1 Å². The molecule has 30 heavy (non-hydrogen) atoms. The minimum atomic E-state index is -0.146. The molecule has 4 rings (SSSR count). The topological polar surface area (TPSA) is 68.6 Å². The Morgan fingerprint density at radius 3 is 2.67 bits per heavy atom. The molecule has 0 unspecified atom stereocenters. The number of ether oxygens (including phenoxy) is 2. The average molecular weight is 406 g/mol. The van der Waals surface area contributed by atoms with Crippen LogP contribution in [0.2, 0.25) is 0 Å². The molecule has 2 heterocycles. The molecule has 0 aliphatic carbocycles. The van der Waals surface area contributed by atoms with Gasteiger partial charge < -0.3 is 19.7 Å². The summed E-state index contributed by atoms with van der Waals surface area (Å²) >= 11 is 0. The summed E-state index contributed by atoms with van der Waals surface area (Å²) in [6, 6.07) is 15.3. The Bertz CT molecular complexity index is 1030. The van der Waals surface area contributed by atoms with Gasteiger partial charge in [-0.2, -0.15) is 5.10 Å². The molecule has 1 aliphatic heterocycles. The van der Waals surface area contributed by atoms with Crippen LogP contribution < -0.4 is 14.8 Å². The fourth-order valence-corrected chi connectivity index (χ4v) is 4.01. The second-order valence-corrected chi connectivity index (χ2v) is 7.32. The highest BCUT2D eigenvalue weighted by atomic mass is 16.5. The number of benzene rings is 2. The second kappa shape index (κ2) is 8.49. The first-order valence-corrected chi connectivity index (χ1v) is 9.99. The van der Waals surface area contributed by atoms with Crippen LogP contribution in [0.3, 0.4) is 0 Å². The molecule has 1 saturated heterocycles. The van der Waals surface area contributed by atoms with Crippen molar-refractivity contribution in [3.63, 3.8) is 0 Å². The van der Waals surface area contributed by atoms with E-state index < -0.39 is 0 Å². The number of amides is 2. The van der Waals surface area contributed by atoms with Crippen LogP contribution in [0.15, 0.2) is 54.7 Å². The first kappa shape index (κ1) is 19.8. The highest BCUT2D eigenvalue weighted by Crippen LogP contribution is 2.39. The van der Waals surface area contributed by atoms with Crippen molar-refractivity contribution in [3.8, 4) is 22.8 Å². The van der Waals surface area contributed by atoms with E-state index in [1.165, 1.54) is 0 Å². The van der Waals surface area contributed by atoms with E-state index in [1.807, 2.05) is 66.7 Å². The standard InChI is InChI=1S/C23H26N4O3/c1-26-15-19(22(25-26)16-8-5-4-6-9-16)24-23(28)27-13-7-10-20(27)18-14-17(29-2)11-12-21(18)30-3/h4-6,8-9,11-12,14-15,20H,7,10,13H2,1-3H3,(H,24,28)/t20-/m1/s1. The number of hydrogen-bond acceptors (Lipinski definition) is 4. The molecule has 0 spiro atoms. The predicted octanol–water partition coefficient (Wildman–Crippen LogP) is 4.47. The molecule has 0 bridgehead atoms. The Morgan fingerprint density at radius 1 is 1.13 bits per heavy atom. The number of nitrogens with one attached hydrogen (secondary N) is 1. The number of carbonyl (C=O) groups excluding carboxylic acids is 1. The molecule has 1 atom stereocenters. The summed E-state index contributed by atoms with van der Waals surface area (Å²) in [7, 11) is 5.13. The minimum Gasteiger partial charge on any atom is -0.497 e. The van der Waals surface area contributed by atoms with Crippen LogP contribution in [0.1, 0.15) is 24.4 Å². The smallest absolute Gasteiger partial charge is 0.322 e. The third-order valence-electron chi connectivity index (χ3n) is 5.43. The van der Waals surface area contributed by atoms with E-state index in [0.29, 0.717) is 12.2 Å². The van der Waals surface area contributed by atoms with Gasteiger partial charge in [-0.15, -0.1) is 0 Å². The lowest BCUT2D eigenvalue weighted by Crippen LogP contribution is -2.34. The van der Waals surface area contributed by atoms with E-state index in [1.54, 1.807) is 18.9 Å². The van der Waals surface area contributed by atoms with Gasteiger partial charge >= 0.3 is 6.03 Å². The lowest BCUT2D eigenvalue weighted by atomic mass is 10.0. The zero-order valence-corrected chi connectivity index (χ0v) is 17.5. The number of aromatic nitrogens is 2. The monoisotopic (exact) mass is 406 g/mol. The highest BCUT2D eigenvalue weighted by Gasteiger charge is 2.33. The number of aryl methyl sites for hydroxylation is 1. The largest absolute Gasteiger partial charge is 0.497 e. The minimum absolute atomic E-state index is 0.0769. The lowest BCUT2D eigenvalue weighted by molar-refractivity contribution is 0.206. The zero-order valence-electron chi connectivity index (χ0n) is 17.5. The van der Waals surface area contributed by atoms with Crippen molar-refractivity contribution < 1.29 is 14.3 Å². The number of hydrogen-bond donors (Lipinski definition) is 1. The summed E-state index contributed by atoms with van der Waals surface area (Å²) in [5.41, 5.74) is 3.36. The van der Waals surface area contributed by atoms with Gasteiger partial charge in [-0.05, 0) is 31.0 Å². The Morgan fingerprint density at radius 2 is 1.93 bits per heavy atom. The van der Waals surface area contributed by atoms with Gasteiger partial charge in [-0.1, -0.05) is 30.3 Å². The molecular formula is C23H26N4O3. The summed E-state index contributed by atoms with van der Waals surface area (Å²) < 4.78 is 12.7. The Balaban J connectivity index is 1.60. The number of urea groups is 1. The van der Waals surface area contributed by atoms with Crippen LogP contribution >= 0.6 is 0 Å². The van der Waals surface area contributed by atoms with Gasteiger partial charge in [0, 0.05) is 30.9 Å². The molecule has 1 fully saturated rings. The SMILES string of the molecule is COc1ccc(OC)c([C@H]2CCCN2C(=O)Nc2cn(C)nc2-c2ccccc2)c1. The second-order valence-electron chi connectivity index (χ2n) is 7.32. The van der Waals surface area contributed by atoms with Crippen molar-refractivity contribution in [1.29, 1.82) is 0 Å². The van der Waals surface area contributed by atoms with Crippen LogP contribution in [-0.2, 0) is 7.05 Å². The molecule has 7 nitrogen and oxygen atoms in total. The first-order chi connectivity index (χ1) is 14.6. The summed E-state index contributed by atoms with van der Waals surface area (Å²) in [6.45, 7) is 0.678. The molecule has 0 radical (unpaired) electrons. The molecule has 0 saturated carbocycles. The van der Waals surface area contributed by atoms with Crippen molar-refractivity contribution in [2.24, 2.45) is 7.05 Å². The third-order valence-corrected chi connectivity index (χ3v) is 5.43. The van der Waals surface area contributed by atoms with E-state index in [2.05, 4.69) is 10.4 Å². The van der Waals surface area contributed by atoms with Crippen molar-refractivity contribution >= 4 is 11.7 Å². The quantitative estimate of drug-likeness (QED) is 0.679. The zero-order chi connectivity index (χ0) is 21.1. The van der Waals surface area contributed by atoms with Gasteiger partial charge in [0.2, 0.25) is 0 Å². The number of anilines is 1. The maximum atomic E-state index is 13.3. The molecule has 1 aliphatic rings. The molecule has 1 aromatic heterocycles. The molecule has 1 N–H and O–H groups in total. The maximum Gasteiger partial charge on any atom is 0.322 e. The molecule has 3 aromatic rings. The van der Waals surface area contributed by atoms with Gasteiger partial charge in [-0.3, -0.25) is 4.68 Å². The Hall–Kier alpha value is -3.48. The van der Waals surface area contributed by atoms with Gasteiger partial charge in [0.05, 0.1) is 25.9 Å². The highest BCUT2D eigenvalue weighted by molar-refractivity contribution is 5.93. The first-order valence-electron chi connectivity index (χ1n) is 9.99. The Kier molecular flexibility index (Phi) is 5.61. The van der Waals surface area contributed by atoms with Crippen LogP contribution in [0.4, 0.5) is 10.5 Å². The number of carbonyl (C=O) groups is 1. The van der Waals surface area contributed by atoms with Gasteiger partial charge in [0.25, 0.3) is 0 Å². The molecule has 156 valence electrons. The third kappa shape index (κ3) is 3.83. The molecule has 7 heteroatoms. The van der Waals surface area contributed by atoms with Crippen molar-refractivity contribution in [1.82, 2.24) is 14.7 Å². The maximum absolute atomic E-state index is 13.3. The summed E-state index contributed by atoms with van der Waals surface area (Å²) in [5.74, 6) is 1.50. The molecule has 2 amide bonds. The number of rotatable bonds is 5. The fourth-order valence-electron chi connectivity index (χ4n) is 4.01. The molecule has 2 aromatic carbocycles. The normalized spacial score (nSPS) is 15.8. The van der Waals surface area contributed by atoms with Gasteiger partial charge in [-0.25, -0.2) is 4.79 Å².